The van der Waals surface area contributed by atoms with E-state index in [-0.39, 0.29) is 64.2 Å². The van der Waals surface area contributed by atoms with E-state index in [4.69, 9.17) is 4.74 Å². The van der Waals surface area contributed by atoms with Crippen LogP contribution in [-0.4, -0.2) is 34.9 Å². The van der Waals surface area contributed by atoms with E-state index < -0.39 is 10.8 Å². The Morgan fingerprint density at radius 3 is 2.37 bits per heavy atom. The van der Waals surface area contributed by atoms with Crippen molar-refractivity contribution in [1.82, 2.24) is 0 Å². The molecular formula is C30H44O5. The van der Waals surface area contributed by atoms with Crippen molar-refractivity contribution in [2.75, 3.05) is 0 Å². The average molecular weight is 485 g/mol. The first-order valence-corrected chi connectivity index (χ1v) is 13.5. The fourth-order valence-corrected chi connectivity index (χ4v) is 9.08. The van der Waals surface area contributed by atoms with Crippen molar-refractivity contribution in [1.29, 1.82) is 0 Å². The quantitative estimate of drug-likeness (QED) is 0.525. The fourth-order valence-electron chi connectivity index (χ4n) is 9.08. The maximum Gasteiger partial charge on any atom is 0.302 e. The summed E-state index contributed by atoms with van der Waals surface area (Å²) in [6.07, 6.45) is 8.92. The van der Waals surface area contributed by atoms with Gasteiger partial charge in [-0.25, -0.2) is 0 Å². The highest BCUT2D eigenvalue weighted by Gasteiger charge is 2.69. The van der Waals surface area contributed by atoms with Crippen molar-refractivity contribution in [3.63, 3.8) is 0 Å². The first-order chi connectivity index (χ1) is 16.1. The number of esters is 1. The van der Waals surface area contributed by atoms with Crippen LogP contribution in [0.2, 0.25) is 0 Å². The molecule has 0 aromatic rings. The number of fused-ring (bicyclic) bond motifs is 5. The van der Waals surface area contributed by atoms with Crippen molar-refractivity contribution >= 4 is 17.5 Å². The molecule has 2 saturated carbocycles. The van der Waals surface area contributed by atoms with Crippen molar-refractivity contribution < 1.29 is 24.2 Å². The van der Waals surface area contributed by atoms with Gasteiger partial charge >= 0.3 is 5.97 Å². The van der Waals surface area contributed by atoms with Crippen molar-refractivity contribution in [3.8, 4) is 0 Å². The minimum atomic E-state index is -0.540. The molecule has 0 aliphatic heterocycles. The Kier molecular flexibility index (Phi) is 6.31. The normalized spacial score (nSPS) is 43.5. The largest absolute Gasteiger partial charge is 0.462 e. The zero-order valence-electron chi connectivity index (χ0n) is 22.8. The van der Waals surface area contributed by atoms with Crippen LogP contribution < -0.4 is 0 Å². The summed E-state index contributed by atoms with van der Waals surface area (Å²) in [4.78, 5) is 38.8. The Hall–Kier alpha value is -1.75. The third-order valence-electron chi connectivity index (χ3n) is 10.8. The molecule has 0 spiro atoms. The second kappa shape index (κ2) is 8.39. The van der Waals surface area contributed by atoms with E-state index in [0.717, 1.165) is 24.8 Å². The van der Waals surface area contributed by atoms with Gasteiger partial charge in [0.2, 0.25) is 0 Å². The summed E-state index contributed by atoms with van der Waals surface area (Å²) in [6, 6.07) is 0. The molecule has 0 heterocycles. The van der Waals surface area contributed by atoms with Gasteiger partial charge in [-0.05, 0) is 79.8 Å². The summed E-state index contributed by atoms with van der Waals surface area (Å²) in [5, 5.41) is 9.84. The number of aliphatic hydroxyl groups is 1. The predicted octanol–water partition coefficient (Wildman–Crippen LogP) is 5.45. The molecule has 1 N–H and O–H groups in total. The lowest BCUT2D eigenvalue weighted by atomic mass is 9.38. The number of ether oxygens (including phenoxy) is 1. The smallest absolute Gasteiger partial charge is 0.302 e. The second-order valence-corrected chi connectivity index (χ2v) is 13.3. The number of rotatable bonds is 5. The highest BCUT2D eigenvalue weighted by atomic mass is 16.5. The van der Waals surface area contributed by atoms with Gasteiger partial charge in [-0.2, -0.15) is 0 Å². The number of ketones is 2. The summed E-state index contributed by atoms with van der Waals surface area (Å²) in [5.41, 5.74) is -0.425. The van der Waals surface area contributed by atoms with Crippen LogP contribution in [-0.2, 0) is 19.1 Å². The molecule has 5 heteroatoms. The average Bonchev–Trinajstić information content (AvgIpc) is 3.02. The molecule has 9 atom stereocenters. The lowest BCUT2D eigenvalue weighted by Gasteiger charge is -2.66. The SMILES string of the molecule is CC(=O)O[C@@H]1C[C@H]2C(C)(C)C(=O)C=C[C@]2(C)[C@H]2CC[C@]3(C)C(=CC(=O)[C@H]3[C@@H](C)CCC(C)O)[C@@]21C. The van der Waals surface area contributed by atoms with Crippen LogP contribution in [0, 0.1) is 45.3 Å². The van der Waals surface area contributed by atoms with Gasteiger partial charge in [-0.1, -0.05) is 53.2 Å². The number of carbonyl (C=O) groups is 3. The van der Waals surface area contributed by atoms with Crippen LogP contribution in [0.4, 0.5) is 0 Å². The zero-order valence-corrected chi connectivity index (χ0v) is 22.8. The maximum atomic E-state index is 13.6. The predicted molar refractivity (Wildman–Crippen MR) is 135 cm³/mol. The summed E-state index contributed by atoms with van der Waals surface area (Å²) in [7, 11) is 0. The topological polar surface area (TPSA) is 80.7 Å². The lowest BCUT2D eigenvalue weighted by molar-refractivity contribution is -0.188. The summed E-state index contributed by atoms with van der Waals surface area (Å²) in [6.45, 7) is 16.2. The van der Waals surface area contributed by atoms with E-state index in [0.29, 0.717) is 12.8 Å². The van der Waals surface area contributed by atoms with Crippen LogP contribution >= 0.6 is 0 Å². The number of aliphatic hydroxyl groups excluding tert-OH is 1. The van der Waals surface area contributed by atoms with E-state index >= 15 is 0 Å². The lowest BCUT2D eigenvalue weighted by Crippen LogP contribution is -2.64. The minimum absolute atomic E-state index is 0.0535. The van der Waals surface area contributed by atoms with Crippen molar-refractivity contribution in [2.24, 2.45) is 45.3 Å². The zero-order chi connectivity index (χ0) is 26.1. The van der Waals surface area contributed by atoms with Gasteiger partial charge in [0.15, 0.2) is 11.6 Å². The van der Waals surface area contributed by atoms with Crippen molar-refractivity contribution in [3.05, 3.63) is 23.8 Å². The van der Waals surface area contributed by atoms with E-state index in [1.807, 2.05) is 19.9 Å². The standard InChI is InChI=1S/C30H44O5/c1-17(9-10-18(2)31)26-20(33)15-23-29(26,7)13-11-21-28(6)14-12-24(34)27(4,5)22(28)16-25(30(21,23)8)35-19(3)32/h12,14-15,17-18,21-22,25-26,31H,9-11,13,16H2,1-8H3/t17-,18?,21+,22-,25+,26+,28+,29+,30+/m0/s1. The van der Waals surface area contributed by atoms with Gasteiger partial charge in [0.05, 0.1) is 6.10 Å². The molecule has 0 bridgehead atoms. The minimum Gasteiger partial charge on any atom is -0.462 e. The van der Waals surface area contributed by atoms with Crippen LogP contribution in [0.1, 0.15) is 87.5 Å². The Bertz CT molecular complexity index is 989. The third kappa shape index (κ3) is 3.70. The molecule has 0 saturated heterocycles. The molecule has 0 amide bonds. The van der Waals surface area contributed by atoms with Gasteiger partial charge in [0.25, 0.3) is 0 Å². The van der Waals surface area contributed by atoms with Gasteiger partial charge in [0, 0.05) is 23.7 Å². The molecule has 35 heavy (non-hydrogen) atoms. The van der Waals surface area contributed by atoms with E-state index in [2.05, 4.69) is 33.8 Å². The van der Waals surface area contributed by atoms with Crippen LogP contribution in [0.25, 0.3) is 0 Å². The number of carbonyl (C=O) groups excluding carboxylic acids is 3. The second-order valence-electron chi connectivity index (χ2n) is 13.3. The molecule has 4 aliphatic carbocycles. The van der Waals surface area contributed by atoms with E-state index in [1.54, 1.807) is 13.0 Å². The Labute approximate surface area is 210 Å². The Morgan fingerprint density at radius 1 is 1.11 bits per heavy atom. The molecule has 4 rings (SSSR count). The molecular weight excluding hydrogens is 440 g/mol. The summed E-state index contributed by atoms with van der Waals surface area (Å²) < 4.78 is 6.09. The monoisotopic (exact) mass is 484 g/mol. The van der Waals surface area contributed by atoms with Crippen molar-refractivity contribution in [2.45, 2.75) is 99.7 Å². The molecule has 0 aromatic carbocycles. The highest BCUT2D eigenvalue weighted by molar-refractivity contribution is 5.97. The maximum absolute atomic E-state index is 13.6. The molecule has 0 radical (unpaired) electrons. The third-order valence-corrected chi connectivity index (χ3v) is 10.8. The highest BCUT2D eigenvalue weighted by Crippen LogP contribution is 2.72. The number of hydrogen-bond acceptors (Lipinski definition) is 5. The van der Waals surface area contributed by atoms with Gasteiger partial charge in [-0.3, -0.25) is 14.4 Å². The number of allylic oxidation sites excluding steroid dienone is 3. The van der Waals surface area contributed by atoms with Crippen LogP contribution in [0.15, 0.2) is 23.8 Å². The number of hydrogen-bond donors (Lipinski definition) is 1. The molecule has 0 aromatic heterocycles. The summed E-state index contributed by atoms with van der Waals surface area (Å²) in [5.74, 6) is 0.226. The molecule has 1 unspecified atom stereocenters. The fraction of sp³-hybridized carbons (Fsp3) is 0.767. The van der Waals surface area contributed by atoms with E-state index in [1.165, 1.54) is 6.92 Å². The molecule has 4 aliphatic rings. The molecule has 194 valence electrons. The molecule has 5 nitrogen and oxygen atoms in total. The van der Waals surface area contributed by atoms with Gasteiger partial charge in [0.1, 0.15) is 6.10 Å². The first-order valence-electron chi connectivity index (χ1n) is 13.5. The first kappa shape index (κ1) is 26.3. The van der Waals surface area contributed by atoms with Crippen LogP contribution in [0.5, 0.6) is 0 Å². The van der Waals surface area contributed by atoms with Crippen LogP contribution in [0.3, 0.4) is 0 Å². The Balaban J connectivity index is 1.81. The Morgan fingerprint density at radius 2 is 1.77 bits per heavy atom. The summed E-state index contributed by atoms with van der Waals surface area (Å²) >= 11 is 0. The van der Waals surface area contributed by atoms with Gasteiger partial charge in [-0.15, -0.1) is 0 Å². The molecule has 2 fully saturated rings. The van der Waals surface area contributed by atoms with Gasteiger partial charge < -0.3 is 9.84 Å². The van der Waals surface area contributed by atoms with E-state index in [9.17, 15) is 19.5 Å².